The molecule has 1 aromatic carbocycles. The van der Waals surface area contributed by atoms with Crippen molar-refractivity contribution < 1.29 is 0 Å². The molecule has 17 heavy (non-hydrogen) atoms. The molecule has 1 nitrogen and oxygen atoms in total. The summed E-state index contributed by atoms with van der Waals surface area (Å²) in [6.45, 7) is 6.71. The van der Waals surface area contributed by atoms with Gasteiger partial charge in [0.2, 0.25) is 0 Å². The lowest BCUT2D eigenvalue weighted by molar-refractivity contribution is 0.462. The van der Waals surface area contributed by atoms with Crippen molar-refractivity contribution in [2.24, 2.45) is 5.92 Å². The summed E-state index contributed by atoms with van der Waals surface area (Å²) in [7, 11) is 0. The molecule has 1 aromatic rings. The van der Waals surface area contributed by atoms with E-state index in [1.807, 2.05) is 12.1 Å². The number of rotatable bonds is 6. The van der Waals surface area contributed by atoms with E-state index in [1.165, 1.54) is 12.8 Å². The van der Waals surface area contributed by atoms with Gasteiger partial charge < -0.3 is 5.32 Å². The summed E-state index contributed by atoms with van der Waals surface area (Å²) in [5.74, 6) is 0.735. The Morgan fingerprint density at radius 1 is 1.18 bits per heavy atom. The minimum atomic E-state index is 0.476. The highest BCUT2D eigenvalue weighted by molar-refractivity contribution is 6.36. The number of nitrogens with one attached hydrogen (secondary N) is 1. The third kappa shape index (κ3) is 4.77. The summed E-state index contributed by atoms with van der Waals surface area (Å²) in [6, 6.07) is 6.07. The van der Waals surface area contributed by atoms with Gasteiger partial charge in [-0.25, -0.2) is 0 Å². The van der Waals surface area contributed by atoms with Crippen LogP contribution in [0.1, 0.15) is 40.0 Å². The molecule has 0 saturated heterocycles. The van der Waals surface area contributed by atoms with Crippen molar-refractivity contribution in [3.05, 3.63) is 28.2 Å². The third-order valence-electron chi connectivity index (χ3n) is 3.17. The molecule has 0 aliphatic rings. The van der Waals surface area contributed by atoms with Crippen molar-refractivity contribution in [2.45, 2.75) is 46.1 Å². The standard InChI is InChI=1S/C14H21Cl2N/c1-4-10(3)8-12(5-2)17-14-7-6-11(15)9-13(14)16/h6-7,9-10,12,17H,4-5,8H2,1-3H3. The number of anilines is 1. The Morgan fingerprint density at radius 2 is 1.88 bits per heavy atom. The van der Waals surface area contributed by atoms with Crippen molar-refractivity contribution in [1.29, 1.82) is 0 Å². The van der Waals surface area contributed by atoms with E-state index >= 15 is 0 Å². The Bertz CT molecular complexity index is 352. The first kappa shape index (κ1) is 14.7. The molecule has 0 radical (unpaired) electrons. The quantitative estimate of drug-likeness (QED) is 0.709. The van der Waals surface area contributed by atoms with Crippen molar-refractivity contribution in [2.75, 3.05) is 5.32 Å². The molecule has 1 N–H and O–H groups in total. The Hall–Kier alpha value is -0.400. The van der Waals surface area contributed by atoms with Crippen LogP contribution in [0.25, 0.3) is 0 Å². The van der Waals surface area contributed by atoms with Crippen LogP contribution in [0.5, 0.6) is 0 Å². The maximum absolute atomic E-state index is 6.15. The lowest BCUT2D eigenvalue weighted by atomic mass is 9.97. The molecular formula is C14H21Cl2N. The molecule has 0 aliphatic heterocycles. The molecule has 3 heteroatoms. The van der Waals surface area contributed by atoms with Crippen LogP contribution in [-0.4, -0.2) is 6.04 Å². The summed E-state index contributed by atoms with van der Waals surface area (Å²) in [6.07, 6.45) is 3.49. The first-order valence-corrected chi connectivity index (χ1v) is 7.04. The van der Waals surface area contributed by atoms with Gasteiger partial charge in [-0.2, -0.15) is 0 Å². The second-order valence-electron chi connectivity index (χ2n) is 4.62. The van der Waals surface area contributed by atoms with Gasteiger partial charge in [-0.3, -0.25) is 0 Å². The van der Waals surface area contributed by atoms with E-state index in [-0.39, 0.29) is 0 Å². The minimum Gasteiger partial charge on any atom is -0.381 e. The fourth-order valence-corrected chi connectivity index (χ4v) is 2.27. The van der Waals surface area contributed by atoms with Crippen LogP contribution >= 0.6 is 23.2 Å². The SMILES string of the molecule is CCC(C)CC(CC)Nc1ccc(Cl)cc1Cl. The Morgan fingerprint density at radius 3 is 2.41 bits per heavy atom. The van der Waals surface area contributed by atoms with Crippen molar-refractivity contribution >= 4 is 28.9 Å². The van der Waals surface area contributed by atoms with E-state index < -0.39 is 0 Å². The molecule has 0 aliphatic carbocycles. The summed E-state index contributed by atoms with van der Waals surface area (Å²) < 4.78 is 0. The monoisotopic (exact) mass is 273 g/mol. The van der Waals surface area contributed by atoms with Gasteiger partial charge in [0.15, 0.2) is 0 Å². The van der Waals surface area contributed by atoms with Crippen LogP contribution in [0.15, 0.2) is 18.2 Å². The number of hydrogen-bond acceptors (Lipinski definition) is 1. The highest BCUT2D eigenvalue weighted by Gasteiger charge is 2.11. The maximum atomic E-state index is 6.15. The molecule has 0 aromatic heterocycles. The topological polar surface area (TPSA) is 12.0 Å². The fourth-order valence-electron chi connectivity index (χ4n) is 1.81. The summed E-state index contributed by atoms with van der Waals surface area (Å²) in [4.78, 5) is 0. The normalized spacial score (nSPS) is 14.4. The molecule has 0 heterocycles. The highest BCUT2D eigenvalue weighted by Crippen LogP contribution is 2.27. The van der Waals surface area contributed by atoms with Crippen LogP contribution < -0.4 is 5.32 Å². The summed E-state index contributed by atoms with van der Waals surface area (Å²) >= 11 is 12.0. The van der Waals surface area contributed by atoms with Gasteiger partial charge in [0.1, 0.15) is 0 Å². The largest absolute Gasteiger partial charge is 0.381 e. The lowest BCUT2D eigenvalue weighted by Crippen LogP contribution is -2.21. The molecule has 1 rings (SSSR count). The van der Waals surface area contributed by atoms with Gasteiger partial charge >= 0.3 is 0 Å². The molecule has 2 unspecified atom stereocenters. The second kappa shape index (κ2) is 7.13. The third-order valence-corrected chi connectivity index (χ3v) is 3.72. The van der Waals surface area contributed by atoms with Gasteiger partial charge in [0.25, 0.3) is 0 Å². The molecule has 0 fully saturated rings. The van der Waals surface area contributed by atoms with Gasteiger partial charge in [-0.1, -0.05) is 50.4 Å². The van der Waals surface area contributed by atoms with Crippen LogP contribution in [0.4, 0.5) is 5.69 Å². The van der Waals surface area contributed by atoms with Crippen LogP contribution in [0.3, 0.4) is 0 Å². The Balaban J connectivity index is 2.67. The highest BCUT2D eigenvalue weighted by atomic mass is 35.5. The fraction of sp³-hybridized carbons (Fsp3) is 0.571. The van der Waals surface area contributed by atoms with Crippen molar-refractivity contribution in [1.82, 2.24) is 0 Å². The number of hydrogen-bond donors (Lipinski definition) is 1. The first-order valence-electron chi connectivity index (χ1n) is 6.28. The van der Waals surface area contributed by atoms with Crippen LogP contribution in [0.2, 0.25) is 10.0 Å². The first-order chi connectivity index (χ1) is 8.06. The van der Waals surface area contributed by atoms with E-state index in [1.54, 1.807) is 6.07 Å². The average Bonchev–Trinajstić information content (AvgIpc) is 2.31. The van der Waals surface area contributed by atoms with Gasteiger partial charge in [0.05, 0.1) is 10.7 Å². The second-order valence-corrected chi connectivity index (χ2v) is 5.47. The zero-order valence-electron chi connectivity index (χ0n) is 10.8. The molecule has 0 saturated carbocycles. The lowest BCUT2D eigenvalue weighted by Gasteiger charge is -2.22. The predicted octanol–water partition coefficient (Wildman–Crippen LogP) is 5.62. The van der Waals surface area contributed by atoms with Gasteiger partial charge in [-0.05, 0) is 37.0 Å². The zero-order chi connectivity index (χ0) is 12.8. The van der Waals surface area contributed by atoms with Crippen LogP contribution in [-0.2, 0) is 0 Å². The van der Waals surface area contributed by atoms with Crippen molar-refractivity contribution in [3.63, 3.8) is 0 Å². The molecule has 0 bridgehead atoms. The zero-order valence-corrected chi connectivity index (χ0v) is 12.3. The Kier molecular flexibility index (Phi) is 6.15. The summed E-state index contributed by atoms with van der Waals surface area (Å²) in [5.41, 5.74) is 0.978. The summed E-state index contributed by atoms with van der Waals surface area (Å²) in [5, 5.41) is 4.87. The van der Waals surface area contributed by atoms with Crippen LogP contribution in [0, 0.1) is 5.92 Å². The van der Waals surface area contributed by atoms with E-state index in [9.17, 15) is 0 Å². The van der Waals surface area contributed by atoms with E-state index in [2.05, 4.69) is 26.1 Å². The maximum Gasteiger partial charge on any atom is 0.0652 e. The van der Waals surface area contributed by atoms with Gasteiger partial charge in [-0.15, -0.1) is 0 Å². The van der Waals surface area contributed by atoms with Gasteiger partial charge in [0, 0.05) is 11.1 Å². The number of halogens is 2. The van der Waals surface area contributed by atoms with Crippen molar-refractivity contribution in [3.8, 4) is 0 Å². The predicted molar refractivity (Wildman–Crippen MR) is 78.2 cm³/mol. The smallest absolute Gasteiger partial charge is 0.0652 e. The molecule has 96 valence electrons. The molecule has 2 atom stereocenters. The van der Waals surface area contributed by atoms with E-state index in [0.29, 0.717) is 16.1 Å². The molecule has 0 spiro atoms. The van der Waals surface area contributed by atoms with E-state index in [0.717, 1.165) is 18.0 Å². The van der Waals surface area contributed by atoms with E-state index in [4.69, 9.17) is 23.2 Å². The molecular weight excluding hydrogens is 253 g/mol. The number of benzene rings is 1. The average molecular weight is 274 g/mol. The minimum absolute atomic E-state index is 0.476. The Labute approximate surface area is 115 Å². The molecule has 0 amide bonds.